The van der Waals surface area contributed by atoms with Crippen molar-refractivity contribution in [3.8, 4) is 5.75 Å². The van der Waals surface area contributed by atoms with Gasteiger partial charge in [-0.1, -0.05) is 0 Å². The normalized spacial score (nSPS) is 14.5. The smallest absolute Gasteiger partial charge is 0.250 e. The minimum atomic E-state index is -0.634. The number of aromatic nitrogens is 2. The number of methoxy groups -OCH3 is 1. The zero-order chi connectivity index (χ0) is 18.0. The van der Waals surface area contributed by atoms with Crippen LogP contribution in [0.4, 0.5) is 15.9 Å². The molecule has 0 saturated carbocycles. The largest absolute Gasteiger partial charge is 0.491 e. The number of rotatable bonds is 4. The van der Waals surface area contributed by atoms with Gasteiger partial charge < -0.3 is 20.3 Å². The molecule has 132 valence electrons. The summed E-state index contributed by atoms with van der Waals surface area (Å²) in [5.41, 5.74) is 7.02. The van der Waals surface area contributed by atoms with Gasteiger partial charge in [-0.15, -0.1) is 0 Å². The van der Waals surface area contributed by atoms with Gasteiger partial charge >= 0.3 is 0 Å². The van der Waals surface area contributed by atoms with Crippen molar-refractivity contribution in [2.45, 2.75) is 6.92 Å². The number of nitrogens with two attached hydrogens (primary N) is 1. The summed E-state index contributed by atoms with van der Waals surface area (Å²) in [4.78, 5) is 24.2. The molecular formula is C17H20FN5O2. The standard InChI is InChI=1S/C17H20FN5O2/c1-11-15(25-2)17(21-10-20-11)23-7-5-22(6-8-23)14-4-3-12(18)9-13(14)16(19)24/h3-4,9-10H,5-8H2,1-2H3,(H2,19,24). The Hall–Kier alpha value is -2.90. The molecule has 1 fully saturated rings. The van der Waals surface area contributed by atoms with Crippen molar-refractivity contribution in [2.75, 3.05) is 43.1 Å². The fourth-order valence-corrected chi connectivity index (χ4v) is 3.05. The number of carbonyl (C=O) groups is 1. The zero-order valence-corrected chi connectivity index (χ0v) is 14.2. The van der Waals surface area contributed by atoms with Crippen molar-refractivity contribution in [3.05, 3.63) is 41.6 Å². The maximum absolute atomic E-state index is 13.4. The molecule has 0 atom stereocenters. The highest BCUT2D eigenvalue weighted by Gasteiger charge is 2.24. The third-order valence-electron chi connectivity index (χ3n) is 4.31. The molecular weight excluding hydrogens is 325 g/mol. The third kappa shape index (κ3) is 3.33. The highest BCUT2D eigenvalue weighted by molar-refractivity contribution is 5.98. The molecule has 7 nitrogen and oxygen atoms in total. The van der Waals surface area contributed by atoms with E-state index in [0.29, 0.717) is 37.6 Å². The molecule has 2 aromatic rings. The van der Waals surface area contributed by atoms with Crippen LogP contribution in [0.15, 0.2) is 24.5 Å². The molecule has 1 aromatic heterocycles. The van der Waals surface area contributed by atoms with Crippen molar-refractivity contribution in [1.29, 1.82) is 0 Å². The van der Waals surface area contributed by atoms with Crippen LogP contribution in [0, 0.1) is 12.7 Å². The average Bonchev–Trinajstić information content (AvgIpc) is 2.61. The van der Waals surface area contributed by atoms with Crippen LogP contribution in [-0.4, -0.2) is 49.2 Å². The summed E-state index contributed by atoms with van der Waals surface area (Å²) in [7, 11) is 1.60. The molecule has 1 aromatic carbocycles. The van der Waals surface area contributed by atoms with E-state index in [0.717, 1.165) is 11.5 Å². The number of anilines is 2. The predicted molar refractivity (Wildman–Crippen MR) is 92.7 cm³/mol. The Morgan fingerprint density at radius 1 is 1.20 bits per heavy atom. The molecule has 2 heterocycles. The van der Waals surface area contributed by atoms with Crippen LogP contribution in [0.2, 0.25) is 0 Å². The predicted octanol–water partition coefficient (Wildman–Crippen LogP) is 1.36. The monoisotopic (exact) mass is 345 g/mol. The van der Waals surface area contributed by atoms with Crippen LogP contribution in [0.1, 0.15) is 16.1 Å². The number of hydrogen-bond acceptors (Lipinski definition) is 6. The summed E-state index contributed by atoms with van der Waals surface area (Å²) in [6.07, 6.45) is 1.52. The summed E-state index contributed by atoms with van der Waals surface area (Å²) in [5, 5.41) is 0. The highest BCUT2D eigenvalue weighted by atomic mass is 19.1. The van der Waals surface area contributed by atoms with Gasteiger partial charge in [0.15, 0.2) is 11.6 Å². The number of piperazine rings is 1. The molecule has 0 bridgehead atoms. The molecule has 1 amide bonds. The van der Waals surface area contributed by atoms with Crippen molar-refractivity contribution in [2.24, 2.45) is 5.73 Å². The number of amides is 1. The molecule has 1 aliphatic rings. The quantitative estimate of drug-likeness (QED) is 0.901. The second kappa shape index (κ2) is 6.92. The van der Waals surface area contributed by atoms with Gasteiger partial charge in [0.2, 0.25) is 0 Å². The highest BCUT2D eigenvalue weighted by Crippen LogP contribution is 2.30. The Kier molecular flexibility index (Phi) is 4.69. The van der Waals surface area contributed by atoms with Crippen LogP contribution in [0.25, 0.3) is 0 Å². The number of benzene rings is 1. The van der Waals surface area contributed by atoms with E-state index in [2.05, 4.69) is 14.9 Å². The van der Waals surface area contributed by atoms with E-state index in [-0.39, 0.29) is 5.56 Å². The van der Waals surface area contributed by atoms with E-state index in [9.17, 15) is 9.18 Å². The molecule has 0 spiro atoms. The van der Waals surface area contributed by atoms with Crippen LogP contribution in [0.5, 0.6) is 5.75 Å². The van der Waals surface area contributed by atoms with E-state index in [1.807, 2.05) is 11.8 Å². The van der Waals surface area contributed by atoms with Gasteiger partial charge in [-0.3, -0.25) is 4.79 Å². The Labute approximate surface area is 145 Å². The zero-order valence-electron chi connectivity index (χ0n) is 14.2. The lowest BCUT2D eigenvalue weighted by Gasteiger charge is -2.37. The van der Waals surface area contributed by atoms with E-state index < -0.39 is 11.7 Å². The molecule has 0 radical (unpaired) electrons. The number of nitrogens with zero attached hydrogens (tertiary/aromatic N) is 4. The number of hydrogen-bond donors (Lipinski definition) is 1. The van der Waals surface area contributed by atoms with Crippen LogP contribution >= 0.6 is 0 Å². The first kappa shape index (κ1) is 16.9. The van der Waals surface area contributed by atoms with Gasteiger partial charge in [-0.2, -0.15) is 0 Å². The van der Waals surface area contributed by atoms with E-state index >= 15 is 0 Å². The molecule has 1 aliphatic heterocycles. The van der Waals surface area contributed by atoms with Crippen LogP contribution < -0.4 is 20.3 Å². The van der Waals surface area contributed by atoms with Crippen molar-refractivity contribution in [3.63, 3.8) is 0 Å². The van der Waals surface area contributed by atoms with Gasteiger partial charge in [-0.05, 0) is 25.1 Å². The maximum Gasteiger partial charge on any atom is 0.250 e. The van der Waals surface area contributed by atoms with Crippen molar-refractivity contribution >= 4 is 17.4 Å². The molecule has 1 saturated heterocycles. The summed E-state index contributed by atoms with van der Waals surface area (Å²) in [5.74, 6) is 0.307. The lowest BCUT2D eigenvalue weighted by atomic mass is 10.1. The lowest BCUT2D eigenvalue weighted by molar-refractivity contribution is 0.100. The van der Waals surface area contributed by atoms with Crippen molar-refractivity contribution in [1.82, 2.24) is 9.97 Å². The Balaban J connectivity index is 1.79. The first-order valence-corrected chi connectivity index (χ1v) is 7.96. The summed E-state index contributed by atoms with van der Waals surface area (Å²) < 4.78 is 18.8. The minimum Gasteiger partial charge on any atom is -0.491 e. The molecule has 2 N–H and O–H groups in total. The second-order valence-electron chi connectivity index (χ2n) is 5.82. The molecule has 8 heteroatoms. The fraction of sp³-hybridized carbons (Fsp3) is 0.353. The minimum absolute atomic E-state index is 0.198. The Morgan fingerprint density at radius 2 is 1.88 bits per heavy atom. The summed E-state index contributed by atoms with van der Waals surface area (Å²) >= 11 is 0. The lowest BCUT2D eigenvalue weighted by Crippen LogP contribution is -2.47. The Bertz CT molecular complexity index is 791. The van der Waals surface area contributed by atoms with Gasteiger partial charge in [-0.25, -0.2) is 14.4 Å². The number of primary amides is 1. The summed E-state index contributed by atoms with van der Waals surface area (Å²) in [6, 6.07) is 4.12. The van der Waals surface area contributed by atoms with Crippen LogP contribution in [0.3, 0.4) is 0 Å². The van der Waals surface area contributed by atoms with E-state index in [1.54, 1.807) is 13.2 Å². The van der Waals surface area contributed by atoms with Gasteiger partial charge in [0, 0.05) is 31.9 Å². The first-order chi connectivity index (χ1) is 12.0. The molecule has 0 unspecified atom stereocenters. The third-order valence-corrected chi connectivity index (χ3v) is 4.31. The Morgan fingerprint density at radius 3 is 2.52 bits per heavy atom. The fourth-order valence-electron chi connectivity index (χ4n) is 3.05. The number of ether oxygens (including phenoxy) is 1. The number of halogens is 1. The molecule has 3 rings (SSSR count). The van der Waals surface area contributed by atoms with Crippen molar-refractivity contribution < 1.29 is 13.9 Å². The SMILES string of the molecule is COc1c(C)ncnc1N1CCN(c2ccc(F)cc2C(N)=O)CC1. The number of carbonyl (C=O) groups excluding carboxylic acids is 1. The topological polar surface area (TPSA) is 84.6 Å². The van der Waals surface area contributed by atoms with Gasteiger partial charge in [0.05, 0.1) is 18.4 Å². The average molecular weight is 345 g/mol. The molecule has 0 aliphatic carbocycles. The second-order valence-corrected chi connectivity index (χ2v) is 5.82. The summed E-state index contributed by atoms with van der Waals surface area (Å²) in [6.45, 7) is 4.54. The van der Waals surface area contributed by atoms with Crippen LogP contribution in [-0.2, 0) is 0 Å². The van der Waals surface area contributed by atoms with E-state index in [4.69, 9.17) is 10.5 Å². The maximum atomic E-state index is 13.4. The van der Waals surface area contributed by atoms with E-state index in [1.165, 1.54) is 18.5 Å². The first-order valence-electron chi connectivity index (χ1n) is 7.96. The number of aryl methyl sites for hydroxylation is 1. The van der Waals surface area contributed by atoms with Gasteiger partial charge in [0.1, 0.15) is 12.1 Å². The molecule has 25 heavy (non-hydrogen) atoms. The van der Waals surface area contributed by atoms with Gasteiger partial charge in [0.25, 0.3) is 5.91 Å².